The molecular weight excluding hydrogens is 304 g/mol. The van der Waals surface area contributed by atoms with Crippen LogP contribution in [0.1, 0.15) is 15.9 Å². The fourth-order valence-corrected chi connectivity index (χ4v) is 2.14. The molecule has 5 nitrogen and oxygen atoms in total. The molecule has 22 heavy (non-hydrogen) atoms. The maximum Gasteiger partial charge on any atom is 0.328 e. The van der Waals surface area contributed by atoms with E-state index in [0.717, 1.165) is 5.56 Å². The molecule has 0 aliphatic carbocycles. The molecule has 6 heteroatoms. The second-order valence-electron chi connectivity index (χ2n) is 4.61. The van der Waals surface area contributed by atoms with Crippen LogP contribution in [0, 0.1) is 0 Å². The maximum absolute atomic E-state index is 12.2. The van der Waals surface area contributed by atoms with Gasteiger partial charge >= 0.3 is 5.97 Å². The molecule has 0 saturated heterocycles. The Morgan fingerprint density at radius 2 is 2.00 bits per heavy atom. The molecule has 0 spiro atoms. The number of nitrogens with one attached hydrogen (secondary N) is 1. The highest BCUT2D eigenvalue weighted by atomic mass is 35.5. The third-order valence-corrected chi connectivity index (χ3v) is 3.27. The predicted octanol–water partition coefficient (Wildman–Crippen LogP) is 2.25. The molecule has 0 radical (unpaired) electrons. The van der Waals surface area contributed by atoms with Gasteiger partial charge in [0.05, 0.1) is 7.11 Å². The van der Waals surface area contributed by atoms with Crippen molar-refractivity contribution in [3.8, 4) is 0 Å². The minimum Gasteiger partial charge on any atom is -0.467 e. The molecule has 0 aliphatic heterocycles. The molecular formula is C16H15ClN2O3. The number of amides is 1. The second-order valence-corrected chi connectivity index (χ2v) is 4.99. The van der Waals surface area contributed by atoms with Crippen LogP contribution < -0.4 is 5.32 Å². The van der Waals surface area contributed by atoms with Gasteiger partial charge in [-0.2, -0.15) is 0 Å². The van der Waals surface area contributed by atoms with Crippen molar-refractivity contribution in [3.63, 3.8) is 0 Å². The summed E-state index contributed by atoms with van der Waals surface area (Å²) in [5.41, 5.74) is 1.26. The highest BCUT2D eigenvalue weighted by Gasteiger charge is 2.22. The van der Waals surface area contributed by atoms with E-state index in [1.807, 2.05) is 30.3 Å². The fourth-order valence-electron chi connectivity index (χ4n) is 1.97. The zero-order chi connectivity index (χ0) is 15.9. The Morgan fingerprint density at radius 1 is 1.27 bits per heavy atom. The van der Waals surface area contributed by atoms with Crippen LogP contribution in [0.2, 0.25) is 5.15 Å². The lowest BCUT2D eigenvalue weighted by Gasteiger charge is -2.16. The zero-order valence-corrected chi connectivity index (χ0v) is 12.7. The van der Waals surface area contributed by atoms with E-state index in [0.29, 0.717) is 12.0 Å². The number of halogens is 1. The molecule has 1 aromatic carbocycles. The van der Waals surface area contributed by atoms with Gasteiger partial charge in [-0.25, -0.2) is 9.78 Å². The topological polar surface area (TPSA) is 68.3 Å². The van der Waals surface area contributed by atoms with Crippen molar-refractivity contribution in [3.05, 3.63) is 64.9 Å². The molecule has 0 fully saturated rings. The monoisotopic (exact) mass is 318 g/mol. The second kappa shape index (κ2) is 7.56. The summed E-state index contributed by atoms with van der Waals surface area (Å²) in [6.07, 6.45) is 1.78. The summed E-state index contributed by atoms with van der Waals surface area (Å²) >= 11 is 5.76. The van der Waals surface area contributed by atoms with E-state index in [4.69, 9.17) is 16.3 Å². The first kappa shape index (κ1) is 16.0. The van der Waals surface area contributed by atoms with E-state index in [9.17, 15) is 9.59 Å². The highest BCUT2D eigenvalue weighted by Crippen LogP contribution is 2.09. The van der Waals surface area contributed by atoms with Gasteiger partial charge in [0.15, 0.2) is 0 Å². The number of nitrogens with zero attached hydrogens (tertiary/aromatic N) is 1. The minimum absolute atomic E-state index is 0.213. The summed E-state index contributed by atoms with van der Waals surface area (Å²) in [6.45, 7) is 0. The van der Waals surface area contributed by atoms with E-state index in [2.05, 4.69) is 10.3 Å². The molecule has 1 unspecified atom stereocenters. The first-order valence-corrected chi connectivity index (χ1v) is 7.02. The number of carbonyl (C=O) groups is 2. The van der Waals surface area contributed by atoms with Crippen molar-refractivity contribution in [2.75, 3.05) is 7.11 Å². The number of ether oxygens (including phenoxy) is 1. The Bertz CT molecular complexity index is 661. The van der Waals surface area contributed by atoms with Gasteiger partial charge in [-0.15, -0.1) is 0 Å². The number of pyridine rings is 1. The molecule has 1 amide bonds. The molecule has 1 aromatic heterocycles. The molecule has 114 valence electrons. The normalized spacial score (nSPS) is 11.5. The Balaban J connectivity index is 2.13. The van der Waals surface area contributed by atoms with Crippen molar-refractivity contribution in [2.45, 2.75) is 12.5 Å². The van der Waals surface area contributed by atoms with Crippen LogP contribution in [0.4, 0.5) is 0 Å². The van der Waals surface area contributed by atoms with Crippen molar-refractivity contribution >= 4 is 23.5 Å². The molecule has 1 heterocycles. The van der Waals surface area contributed by atoms with Crippen molar-refractivity contribution in [1.29, 1.82) is 0 Å². The highest BCUT2D eigenvalue weighted by molar-refractivity contribution is 6.29. The maximum atomic E-state index is 12.2. The van der Waals surface area contributed by atoms with Gasteiger partial charge < -0.3 is 10.1 Å². The summed E-state index contributed by atoms with van der Waals surface area (Å²) in [7, 11) is 1.29. The van der Waals surface area contributed by atoms with Crippen molar-refractivity contribution in [2.24, 2.45) is 0 Å². The SMILES string of the molecule is COC(=O)C(Cc1ccccc1)NC(=O)c1ccnc(Cl)c1. The number of rotatable bonds is 5. The van der Waals surface area contributed by atoms with Crippen LogP contribution in [-0.2, 0) is 16.0 Å². The third kappa shape index (κ3) is 4.30. The van der Waals surface area contributed by atoms with Gasteiger partial charge in [-0.1, -0.05) is 41.9 Å². The van der Waals surface area contributed by atoms with Gasteiger partial charge in [-0.3, -0.25) is 4.79 Å². The molecule has 1 N–H and O–H groups in total. The summed E-state index contributed by atoms with van der Waals surface area (Å²) in [4.78, 5) is 27.9. The number of hydrogen-bond donors (Lipinski definition) is 1. The smallest absolute Gasteiger partial charge is 0.328 e. The van der Waals surface area contributed by atoms with Crippen molar-refractivity contribution < 1.29 is 14.3 Å². The number of carbonyl (C=O) groups excluding carboxylic acids is 2. The van der Waals surface area contributed by atoms with Crippen LogP contribution in [0.5, 0.6) is 0 Å². The standard InChI is InChI=1S/C16H15ClN2O3/c1-22-16(21)13(9-11-5-3-2-4-6-11)19-15(20)12-7-8-18-14(17)10-12/h2-8,10,13H,9H2,1H3,(H,19,20). The van der Waals surface area contributed by atoms with Crippen LogP contribution in [-0.4, -0.2) is 30.0 Å². The molecule has 0 aliphatic rings. The fraction of sp³-hybridized carbons (Fsp3) is 0.188. The Kier molecular flexibility index (Phi) is 5.49. The van der Waals surface area contributed by atoms with E-state index in [-0.39, 0.29) is 5.15 Å². The zero-order valence-electron chi connectivity index (χ0n) is 12.0. The van der Waals surface area contributed by atoms with E-state index in [1.165, 1.54) is 25.4 Å². The largest absolute Gasteiger partial charge is 0.467 e. The summed E-state index contributed by atoms with van der Waals surface area (Å²) in [5, 5.41) is 2.87. The van der Waals surface area contributed by atoms with Crippen LogP contribution in [0.15, 0.2) is 48.7 Å². The number of hydrogen-bond acceptors (Lipinski definition) is 4. The van der Waals surface area contributed by atoms with E-state index < -0.39 is 17.9 Å². The van der Waals surface area contributed by atoms with Gasteiger partial charge in [-0.05, 0) is 17.7 Å². The Labute approximate surface area is 133 Å². The molecule has 0 bridgehead atoms. The average Bonchev–Trinajstić information content (AvgIpc) is 2.54. The predicted molar refractivity (Wildman–Crippen MR) is 82.7 cm³/mol. The van der Waals surface area contributed by atoms with Crippen LogP contribution >= 0.6 is 11.6 Å². The molecule has 1 atom stereocenters. The number of benzene rings is 1. The number of aromatic nitrogens is 1. The first-order chi connectivity index (χ1) is 10.6. The minimum atomic E-state index is -0.771. The van der Waals surface area contributed by atoms with Gasteiger partial charge in [0.2, 0.25) is 0 Å². The number of methoxy groups -OCH3 is 1. The first-order valence-electron chi connectivity index (χ1n) is 6.64. The van der Waals surface area contributed by atoms with Gasteiger partial charge in [0.25, 0.3) is 5.91 Å². The summed E-state index contributed by atoms with van der Waals surface area (Å²) < 4.78 is 4.75. The molecule has 0 saturated carbocycles. The molecule has 2 rings (SSSR count). The lowest BCUT2D eigenvalue weighted by Crippen LogP contribution is -2.43. The lowest BCUT2D eigenvalue weighted by molar-refractivity contribution is -0.142. The van der Waals surface area contributed by atoms with Crippen molar-refractivity contribution in [1.82, 2.24) is 10.3 Å². The Hall–Kier alpha value is -2.40. The number of esters is 1. The Morgan fingerprint density at radius 3 is 2.64 bits per heavy atom. The van der Waals surface area contributed by atoms with E-state index in [1.54, 1.807) is 0 Å². The summed E-state index contributed by atoms with van der Waals surface area (Å²) in [6, 6.07) is 11.6. The van der Waals surface area contributed by atoms with Crippen LogP contribution in [0.25, 0.3) is 0 Å². The van der Waals surface area contributed by atoms with Crippen LogP contribution in [0.3, 0.4) is 0 Å². The quantitative estimate of drug-likeness (QED) is 0.678. The third-order valence-electron chi connectivity index (χ3n) is 3.06. The summed E-state index contributed by atoms with van der Waals surface area (Å²) in [5.74, 6) is -0.909. The average molecular weight is 319 g/mol. The van der Waals surface area contributed by atoms with Gasteiger partial charge in [0.1, 0.15) is 11.2 Å². The lowest BCUT2D eigenvalue weighted by atomic mass is 10.1. The van der Waals surface area contributed by atoms with Gasteiger partial charge in [0, 0.05) is 18.2 Å². The molecule has 2 aromatic rings. The van der Waals surface area contributed by atoms with E-state index >= 15 is 0 Å².